The Bertz CT molecular complexity index is 1500. The van der Waals surface area contributed by atoms with Crippen LogP contribution < -0.4 is 15.0 Å². The van der Waals surface area contributed by atoms with Gasteiger partial charge in [-0.15, -0.1) is 0 Å². The Hall–Kier alpha value is -3.69. The zero-order valence-electron chi connectivity index (χ0n) is 23.6. The van der Waals surface area contributed by atoms with Crippen LogP contribution in [0.15, 0.2) is 66.9 Å². The molecule has 2 heterocycles. The maximum atomic E-state index is 13.9. The smallest absolute Gasteiger partial charge is 0.332 e. The van der Waals surface area contributed by atoms with Crippen molar-refractivity contribution in [1.82, 2.24) is 15.1 Å². The first kappa shape index (κ1) is 27.9. The van der Waals surface area contributed by atoms with Crippen molar-refractivity contribution in [1.29, 1.82) is 0 Å². The number of benzene rings is 3. The van der Waals surface area contributed by atoms with Crippen molar-refractivity contribution in [2.75, 3.05) is 48.0 Å². The number of nitrogens with one attached hydrogen (secondary N) is 2. The van der Waals surface area contributed by atoms with Gasteiger partial charge in [0.1, 0.15) is 18.2 Å². The van der Waals surface area contributed by atoms with Gasteiger partial charge in [-0.2, -0.15) is 5.10 Å². The zero-order valence-corrected chi connectivity index (χ0v) is 24.4. The topological polar surface area (TPSA) is 90.6 Å². The molecule has 3 aromatic carbocycles. The number of hydrogen-bond acceptors (Lipinski definition) is 5. The predicted octanol–water partition coefficient (Wildman–Crippen LogP) is 5.98. The van der Waals surface area contributed by atoms with Crippen LogP contribution in [0.1, 0.15) is 31.9 Å². The third-order valence-corrected chi connectivity index (χ3v) is 8.58. The van der Waals surface area contributed by atoms with Gasteiger partial charge in [-0.1, -0.05) is 57.2 Å². The highest BCUT2D eigenvalue weighted by atomic mass is 32.2. The van der Waals surface area contributed by atoms with Crippen LogP contribution in [-0.4, -0.2) is 63.1 Å². The summed E-state index contributed by atoms with van der Waals surface area (Å²) in [5.74, 6) is 2.81. The number of H-pyrrole nitrogens is 1. The Morgan fingerprint density at radius 3 is 2.52 bits per heavy atom. The molecule has 2 amide bonds. The standard InChI is InChI=1S/C31H37N5O3S/c1-22-9-10-23(31(2,3)4)21-27(22)36(29-13-14-32-34-29)30(37)33-26-11-12-28(25-8-6-5-7-24(25)26)39-18-15-35-16-19-40(38)20-17-35/h5-14,21H,15-20H2,1-4H3,(H,32,34)(H,33,37). The summed E-state index contributed by atoms with van der Waals surface area (Å²) >= 11 is 0. The van der Waals surface area contributed by atoms with Crippen LogP contribution >= 0.6 is 0 Å². The Kier molecular flexibility index (Phi) is 8.23. The molecule has 1 aliphatic heterocycles. The Balaban J connectivity index is 1.40. The largest absolute Gasteiger partial charge is 0.492 e. The van der Waals surface area contributed by atoms with Gasteiger partial charge >= 0.3 is 6.03 Å². The van der Waals surface area contributed by atoms with Crippen molar-refractivity contribution in [2.45, 2.75) is 33.1 Å². The van der Waals surface area contributed by atoms with Crippen LogP contribution in [0.2, 0.25) is 0 Å². The fourth-order valence-electron chi connectivity index (χ4n) is 4.90. The third-order valence-electron chi connectivity index (χ3n) is 7.31. The van der Waals surface area contributed by atoms with Crippen LogP contribution in [0.5, 0.6) is 5.75 Å². The quantitative estimate of drug-likeness (QED) is 0.291. The summed E-state index contributed by atoms with van der Waals surface area (Å²) in [6.07, 6.45) is 1.64. The molecule has 0 bridgehead atoms. The molecule has 0 radical (unpaired) electrons. The van der Waals surface area contributed by atoms with Crippen LogP contribution in [0, 0.1) is 6.92 Å². The fourth-order valence-corrected chi connectivity index (χ4v) is 6.03. The molecular formula is C31H37N5O3S. The number of urea groups is 1. The summed E-state index contributed by atoms with van der Waals surface area (Å²) in [5, 5.41) is 12.0. The number of amides is 2. The lowest BCUT2D eigenvalue weighted by atomic mass is 9.86. The minimum Gasteiger partial charge on any atom is -0.492 e. The van der Waals surface area contributed by atoms with E-state index in [-0.39, 0.29) is 11.4 Å². The van der Waals surface area contributed by atoms with Gasteiger partial charge in [0.05, 0.1) is 17.6 Å². The summed E-state index contributed by atoms with van der Waals surface area (Å²) in [5.41, 5.74) is 3.53. The van der Waals surface area contributed by atoms with E-state index in [1.54, 1.807) is 17.2 Å². The highest BCUT2D eigenvalue weighted by Gasteiger charge is 2.24. The summed E-state index contributed by atoms with van der Waals surface area (Å²) < 4.78 is 17.8. The minimum absolute atomic E-state index is 0.0720. The molecule has 0 atom stereocenters. The lowest BCUT2D eigenvalue weighted by molar-refractivity contribution is 0.222. The molecule has 8 nitrogen and oxygen atoms in total. The third kappa shape index (κ3) is 6.21. The number of fused-ring (bicyclic) bond motifs is 1. The number of aromatic nitrogens is 2. The Labute approximate surface area is 238 Å². The molecule has 0 unspecified atom stereocenters. The average Bonchev–Trinajstić information content (AvgIpc) is 3.46. The number of hydrogen-bond donors (Lipinski definition) is 2. The van der Waals surface area contributed by atoms with Gasteiger partial charge in [-0.25, -0.2) is 9.69 Å². The van der Waals surface area contributed by atoms with E-state index in [9.17, 15) is 9.00 Å². The van der Waals surface area contributed by atoms with E-state index in [4.69, 9.17) is 4.74 Å². The number of carbonyl (C=O) groups excluding carboxylic acids is 1. The molecule has 1 aliphatic rings. The number of anilines is 3. The molecule has 40 heavy (non-hydrogen) atoms. The van der Waals surface area contributed by atoms with E-state index in [1.807, 2.05) is 43.3 Å². The maximum absolute atomic E-state index is 13.9. The molecule has 1 aromatic heterocycles. The highest BCUT2D eigenvalue weighted by Crippen LogP contribution is 2.35. The van der Waals surface area contributed by atoms with Crippen LogP contribution in [0.25, 0.3) is 10.8 Å². The molecule has 0 saturated carbocycles. The van der Waals surface area contributed by atoms with Crippen molar-refractivity contribution in [3.05, 3.63) is 78.0 Å². The molecule has 0 aliphatic carbocycles. The summed E-state index contributed by atoms with van der Waals surface area (Å²) in [7, 11) is -0.687. The van der Waals surface area contributed by atoms with E-state index in [0.29, 0.717) is 18.1 Å². The summed E-state index contributed by atoms with van der Waals surface area (Å²) in [6, 6.07) is 19.5. The van der Waals surface area contributed by atoms with Gasteiger partial charge in [0.2, 0.25) is 0 Å². The lowest BCUT2D eigenvalue weighted by Crippen LogP contribution is -2.39. The second kappa shape index (κ2) is 11.8. The first-order valence-electron chi connectivity index (χ1n) is 13.6. The highest BCUT2D eigenvalue weighted by molar-refractivity contribution is 7.85. The van der Waals surface area contributed by atoms with Gasteiger partial charge < -0.3 is 10.1 Å². The summed E-state index contributed by atoms with van der Waals surface area (Å²) in [4.78, 5) is 17.9. The normalized spacial score (nSPS) is 14.8. The van der Waals surface area contributed by atoms with Crippen molar-refractivity contribution < 1.29 is 13.7 Å². The maximum Gasteiger partial charge on any atom is 0.332 e. The molecule has 5 rings (SSSR count). The van der Waals surface area contributed by atoms with Gasteiger partial charge in [-0.05, 0) is 41.7 Å². The monoisotopic (exact) mass is 559 g/mol. The number of nitrogens with zero attached hydrogens (tertiary/aromatic N) is 3. The van der Waals surface area contributed by atoms with Crippen LogP contribution in [0.3, 0.4) is 0 Å². The SMILES string of the molecule is Cc1ccc(C(C)(C)C)cc1N(C(=O)Nc1ccc(OCCN2CCS(=O)CC2)c2ccccc12)c1ccn[nH]1. The number of ether oxygens (including phenoxy) is 1. The first-order chi connectivity index (χ1) is 19.2. The van der Waals surface area contributed by atoms with Gasteiger partial charge in [0.25, 0.3) is 0 Å². The number of carbonyl (C=O) groups is 1. The molecule has 2 N–H and O–H groups in total. The number of aryl methyl sites for hydroxylation is 1. The van der Waals surface area contributed by atoms with Crippen molar-refractivity contribution in [2.24, 2.45) is 0 Å². The molecule has 1 saturated heterocycles. The second-order valence-corrected chi connectivity index (χ2v) is 12.8. The number of rotatable bonds is 7. The average molecular weight is 560 g/mol. The van der Waals surface area contributed by atoms with Crippen LogP contribution in [-0.2, 0) is 16.2 Å². The van der Waals surface area contributed by atoms with Crippen LogP contribution in [0.4, 0.5) is 22.0 Å². The van der Waals surface area contributed by atoms with E-state index in [2.05, 4.69) is 59.4 Å². The Morgan fingerprint density at radius 1 is 1.07 bits per heavy atom. The molecule has 9 heteroatoms. The van der Waals surface area contributed by atoms with Crippen molar-refractivity contribution in [3.63, 3.8) is 0 Å². The van der Waals surface area contributed by atoms with Crippen molar-refractivity contribution in [3.8, 4) is 5.75 Å². The predicted molar refractivity (Wildman–Crippen MR) is 163 cm³/mol. The number of aromatic amines is 1. The zero-order chi connectivity index (χ0) is 28.3. The van der Waals surface area contributed by atoms with E-state index >= 15 is 0 Å². The van der Waals surface area contributed by atoms with Crippen molar-refractivity contribution >= 4 is 44.8 Å². The Morgan fingerprint density at radius 2 is 1.82 bits per heavy atom. The van der Waals surface area contributed by atoms with E-state index < -0.39 is 10.8 Å². The molecule has 1 fully saturated rings. The second-order valence-electron chi connectivity index (χ2n) is 11.2. The molecular weight excluding hydrogens is 522 g/mol. The minimum atomic E-state index is -0.687. The lowest BCUT2D eigenvalue weighted by Gasteiger charge is -2.27. The molecule has 0 spiro atoms. The van der Waals surface area contributed by atoms with Gasteiger partial charge in [-0.3, -0.25) is 14.2 Å². The first-order valence-corrected chi connectivity index (χ1v) is 15.1. The van der Waals surface area contributed by atoms with Gasteiger partial charge in [0.15, 0.2) is 0 Å². The molecule has 4 aromatic rings. The van der Waals surface area contributed by atoms with E-state index in [0.717, 1.165) is 64.5 Å². The summed E-state index contributed by atoms with van der Waals surface area (Å²) in [6.45, 7) is 11.5. The molecule has 210 valence electrons. The van der Waals surface area contributed by atoms with Gasteiger partial charge in [0, 0.05) is 58.8 Å². The fraction of sp³-hybridized carbons (Fsp3) is 0.355. The van der Waals surface area contributed by atoms with E-state index in [1.165, 1.54) is 0 Å².